The second-order valence-corrected chi connectivity index (χ2v) is 5.40. The fourth-order valence-corrected chi connectivity index (χ4v) is 3.36. The Morgan fingerprint density at radius 1 is 1.16 bits per heavy atom. The summed E-state index contributed by atoms with van der Waals surface area (Å²) in [7, 11) is 3.27. The Bertz CT molecular complexity index is 400. The van der Waals surface area contributed by atoms with Crippen molar-refractivity contribution in [3.63, 3.8) is 0 Å². The van der Waals surface area contributed by atoms with Crippen LogP contribution in [0, 0.1) is 5.41 Å². The zero-order valence-electron chi connectivity index (χ0n) is 12.1. The SMILES string of the molecule is CCC1(C(O)c2c(OC)cccc2OC)CCCC1. The van der Waals surface area contributed by atoms with Gasteiger partial charge in [-0.15, -0.1) is 0 Å². The van der Waals surface area contributed by atoms with Gasteiger partial charge in [0.2, 0.25) is 0 Å². The van der Waals surface area contributed by atoms with Gasteiger partial charge in [0.1, 0.15) is 11.5 Å². The van der Waals surface area contributed by atoms with Crippen LogP contribution in [0.3, 0.4) is 0 Å². The van der Waals surface area contributed by atoms with Crippen LogP contribution in [0.5, 0.6) is 11.5 Å². The average Bonchev–Trinajstić information content (AvgIpc) is 2.95. The molecule has 0 saturated heterocycles. The summed E-state index contributed by atoms with van der Waals surface area (Å²) in [6.45, 7) is 2.16. The van der Waals surface area contributed by atoms with Crippen LogP contribution in [0.2, 0.25) is 0 Å². The Balaban J connectivity index is 2.44. The molecule has 0 aromatic heterocycles. The Kier molecular flexibility index (Phi) is 4.35. The van der Waals surface area contributed by atoms with E-state index in [4.69, 9.17) is 9.47 Å². The van der Waals surface area contributed by atoms with Crippen LogP contribution < -0.4 is 9.47 Å². The largest absolute Gasteiger partial charge is 0.496 e. The molecule has 0 amide bonds. The second kappa shape index (κ2) is 5.83. The minimum atomic E-state index is -0.522. The van der Waals surface area contributed by atoms with E-state index in [1.54, 1.807) is 14.2 Å². The van der Waals surface area contributed by atoms with Gasteiger partial charge >= 0.3 is 0 Å². The van der Waals surface area contributed by atoms with E-state index < -0.39 is 6.10 Å². The molecule has 3 heteroatoms. The van der Waals surface area contributed by atoms with E-state index in [0.29, 0.717) is 11.5 Å². The van der Waals surface area contributed by atoms with Crippen molar-refractivity contribution in [2.45, 2.75) is 45.1 Å². The number of ether oxygens (including phenoxy) is 2. The van der Waals surface area contributed by atoms with Crippen LogP contribution in [0.25, 0.3) is 0 Å². The summed E-state index contributed by atoms with van der Waals surface area (Å²) in [4.78, 5) is 0. The molecule has 1 unspecified atom stereocenters. The first-order valence-corrected chi connectivity index (χ1v) is 7.07. The monoisotopic (exact) mass is 264 g/mol. The number of methoxy groups -OCH3 is 2. The summed E-state index contributed by atoms with van der Waals surface area (Å²) in [5.41, 5.74) is 0.776. The van der Waals surface area contributed by atoms with Crippen LogP contribution in [-0.2, 0) is 0 Å². The normalized spacial score (nSPS) is 19.2. The highest BCUT2D eigenvalue weighted by Gasteiger charge is 2.42. The molecule has 1 aliphatic carbocycles. The molecule has 0 radical (unpaired) electrons. The molecular formula is C16H24O3. The van der Waals surface area contributed by atoms with Gasteiger partial charge in [0.15, 0.2) is 0 Å². The second-order valence-electron chi connectivity index (χ2n) is 5.40. The highest BCUT2D eigenvalue weighted by Crippen LogP contribution is 2.53. The average molecular weight is 264 g/mol. The highest BCUT2D eigenvalue weighted by molar-refractivity contribution is 5.47. The minimum Gasteiger partial charge on any atom is -0.496 e. The first-order chi connectivity index (χ1) is 9.18. The summed E-state index contributed by atoms with van der Waals surface area (Å²) < 4.78 is 10.8. The molecule has 1 saturated carbocycles. The van der Waals surface area contributed by atoms with Gasteiger partial charge in [-0.05, 0) is 31.4 Å². The molecule has 2 rings (SSSR count). The molecule has 0 spiro atoms. The predicted octanol–water partition coefficient (Wildman–Crippen LogP) is 3.71. The summed E-state index contributed by atoms with van der Waals surface area (Å²) in [6.07, 6.45) is 5.00. The van der Waals surface area contributed by atoms with E-state index in [1.165, 1.54) is 12.8 Å². The van der Waals surface area contributed by atoms with E-state index in [2.05, 4.69) is 6.92 Å². The number of benzene rings is 1. The van der Waals surface area contributed by atoms with Gasteiger partial charge in [0, 0.05) is 5.41 Å². The minimum absolute atomic E-state index is 0.0259. The third-order valence-corrected chi connectivity index (χ3v) is 4.62. The standard InChI is InChI=1S/C16H24O3/c1-4-16(10-5-6-11-16)15(17)14-12(18-2)8-7-9-13(14)19-3/h7-9,15,17H,4-6,10-11H2,1-3H3. The van der Waals surface area contributed by atoms with Gasteiger partial charge in [-0.25, -0.2) is 0 Å². The van der Waals surface area contributed by atoms with Gasteiger partial charge in [0.25, 0.3) is 0 Å². The van der Waals surface area contributed by atoms with E-state index in [0.717, 1.165) is 24.8 Å². The maximum Gasteiger partial charge on any atom is 0.128 e. The van der Waals surface area contributed by atoms with E-state index in [-0.39, 0.29) is 5.41 Å². The molecule has 0 heterocycles. The van der Waals surface area contributed by atoms with Gasteiger partial charge in [-0.3, -0.25) is 0 Å². The summed E-state index contributed by atoms with van der Waals surface area (Å²) in [5, 5.41) is 10.9. The predicted molar refractivity (Wildman–Crippen MR) is 75.7 cm³/mol. The van der Waals surface area contributed by atoms with Gasteiger partial charge in [0.05, 0.1) is 25.9 Å². The van der Waals surface area contributed by atoms with Crippen molar-refractivity contribution < 1.29 is 14.6 Å². The molecule has 106 valence electrons. The maximum absolute atomic E-state index is 10.9. The van der Waals surface area contributed by atoms with Gasteiger partial charge in [-0.2, -0.15) is 0 Å². The lowest BCUT2D eigenvalue weighted by atomic mass is 9.75. The van der Waals surface area contributed by atoms with Crippen LogP contribution in [0.4, 0.5) is 0 Å². The molecule has 1 aliphatic rings. The number of aliphatic hydroxyl groups excluding tert-OH is 1. The fraction of sp³-hybridized carbons (Fsp3) is 0.625. The highest BCUT2D eigenvalue weighted by atomic mass is 16.5. The molecule has 0 bridgehead atoms. The molecule has 1 N–H and O–H groups in total. The van der Waals surface area contributed by atoms with Gasteiger partial charge < -0.3 is 14.6 Å². The van der Waals surface area contributed by atoms with Crippen LogP contribution in [0.1, 0.15) is 50.7 Å². The first-order valence-electron chi connectivity index (χ1n) is 7.07. The quantitative estimate of drug-likeness (QED) is 0.881. The van der Waals surface area contributed by atoms with Crippen molar-refractivity contribution in [2.24, 2.45) is 5.41 Å². The van der Waals surface area contributed by atoms with Gasteiger partial charge in [-0.1, -0.05) is 25.8 Å². The smallest absolute Gasteiger partial charge is 0.128 e. The molecule has 1 aromatic carbocycles. The lowest BCUT2D eigenvalue weighted by Gasteiger charge is -2.34. The number of hydrogen-bond donors (Lipinski definition) is 1. The van der Waals surface area contributed by atoms with Crippen LogP contribution in [-0.4, -0.2) is 19.3 Å². The Morgan fingerprint density at radius 3 is 2.11 bits per heavy atom. The first kappa shape index (κ1) is 14.2. The Labute approximate surface area is 115 Å². The topological polar surface area (TPSA) is 38.7 Å². The molecule has 1 atom stereocenters. The van der Waals surface area contributed by atoms with E-state index in [1.807, 2.05) is 18.2 Å². The van der Waals surface area contributed by atoms with Crippen LogP contribution in [0.15, 0.2) is 18.2 Å². The Morgan fingerprint density at radius 2 is 1.68 bits per heavy atom. The third kappa shape index (κ3) is 2.44. The van der Waals surface area contributed by atoms with E-state index in [9.17, 15) is 5.11 Å². The molecule has 1 aromatic rings. The zero-order chi connectivity index (χ0) is 13.9. The molecule has 0 aliphatic heterocycles. The molecule has 1 fully saturated rings. The zero-order valence-corrected chi connectivity index (χ0v) is 12.1. The fourth-order valence-electron chi connectivity index (χ4n) is 3.36. The van der Waals surface area contributed by atoms with Crippen LogP contribution >= 0.6 is 0 Å². The summed E-state index contributed by atoms with van der Waals surface area (Å²) in [6, 6.07) is 5.67. The van der Waals surface area contributed by atoms with Crippen molar-refractivity contribution in [1.29, 1.82) is 0 Å². The van der Waals surface area contributed by atoms with Crippen molar-refractivity contribution in [3.8, 4) is 11.5 Å². The maximum atomic E-state index is 10.9. The molecular weight excluding hydrogens is 240 g/mol. The number of hydrogen-bond acceptors (Lipinski definition) is 3. The molecule has 3 nitrogen and oxygen atoms in total. The summed E-state index contributed by atoms with van der Waals surface area (Å²) >= 11 is 0. The lowest BCUT2D eigenvalue weighted by molar-refractivity contribution is 0.0203. The number of aliphatic hydroxyl groups is 1. The Hall–Kier alpha value is -1.22. The van der Waals surface area contributed by atoms with Crippen molar-refractivity contribution in [3.05, 3.63) is 23.8 Å². The van der Waals surface area contributed by atoms with Crippen molar-refractivity contribution in [2.75, 3.05) is 14.2 Å². The number of rotatable bonds is 5. The molecule has 19 heavy (non-hydrogen) atoms. The summed E-state index contributed by atoms with van der Waals surface area (Å²) in [5.74, 6) is 1.43. The lowest BCUT2D eigenvalue weighted by Crippen LogP contribution is -2.26. The van der Waals surface area contributed by atoms with Crippen molar-refractivity contribution >= 4 is 0 Å². The van der Waals surface area contributed by atoms with E-state index >= 15 is 0 Å². The third-order valence-electron chi connectivity index (χ3n) is 4.62. The van der Waals surface area contributed by atoms with Crippen molar-refractivity contribution in [1.82, 2.24) is 0 Å².